The van der Waals surface area contributed by atoms with Crippen LogP contribution in [0.4, 0.5) is 0 Å². The van der Waals surface area contributed by atoms with Gasteiger partial charge in [0.25, 0.3) is 0 Å². The highest BCUT2D eigenvalue weighted by molar-refractivity contribution is 5.78. The van der Waals surface area contributed by atoms with Gasteiger partial charge in [0.15, 0.2) is 0 Å². The fourth-order valence-corrected chi connectivity index (χ4v) is 0.737. The van der Waals surface area contributed by atoms with Crippen LogP contribution < -0.4 is 5.48 Å². The minimum Gasteiger partial charge on any atom is -0.290 e. The van der Waals surface area contributed by atoms with Crippen molar-refractivity contribution in [3.05, 3.63) is 30.1 Å². The molecule has 0 saturated heterocycles. The van der Waals surface area contributed by atoms with Gasteiger partial charge < -0.3 is 0 Å². The quantitative estimate of drug-likeness (QED) is 0.390. The zero-order valence-electron chi connectivity index (χ0n) is 6.86. The van der Waals surface area contributed by atoms with Gasteiger partial charge >= 0.3 is 0 Å². The zero-order valence-corrected chi connectivity index (χ0v) is 6.86. The average molecular weight is 165 g/mol. The van der Waals surface area contributed by atoms with Crippen LogP contribution in [0.2, 0.25) is 0 Å². The standard InChI is InChI=1S/C8H11N3O/c1-7(11-12)10-6-8-3-2-4-9-5-8/h2-5,12H,6H2,1H3,(H,10,11). The van der Waals surface area contributed by atoms with E-state index in [1.807, 2.05) is 17.6 Å². The van der Waals surface area contributed by atoms with Crippen molar-refractivity contribution < 1.29 is 5.21 Å². The van der Waals surface area contributed by atoms with Crippen LogP contribution in [0.1, 0.15) is 12.5 Å². The van der Waals surface area contributed by atoms with E-state index in [2.05, 4.69) is 9.98 Å². The number of pyridine rings is 1. The zero-order chi connectivity index (χ0) is 8.81. The van der Waals surface area contributed by atoms with E-state index < -0.39 is 0 Å². The van der Waals surface area contributed by atoms with Gasteiger partial charge in [-0.3, -0.25) is 20.7 Å². The number of nitrogens with one attached hydrogen (secondary N) is 1. The van der Waals surface area contributed by atoms with Crippen LogP contribution in [0.3, 0.4) is 0 Å². The molecule has 4 heteroatoms. The summed E-state index contributed by atoms with van der Waals surface area (Å²) in [5.74, 6) is 0.499. The van der Waals surface area contributed by atoms with Crippen LogP contribution in [-0.2, 0) is 6.54 Å². The Bertz CT molecular complexity index is 258. The van der Waals surface area contributed by atoms with E-state index in [4.69, 9.17) is 5.21 Å². The minimum atomic E-state index is 0.499. The molecule has 1 aromatic heterocycles. The van der Waals surface area contributed by atoms with Crippen molar-refractivity contribution in [1.82, 2.24) is 10.5 Å². The highest BCUT2D eigenvalue weighted by Crippen LogP contribution is 1.97. The van der Waals surface area contributed by atoms with Crippen molar-refractivity contribution >= 4 is 5.84 Å². The largest absolute Gasteiger partial charge is 0.290 e. The first-order chi connectivity index (χ1) is 5.83. The third-order valence-electron chi connectivity index (χ3n) is 1.38. The SMILES string of the molecule is CC(=NCc1cccnc1)NO. The van der Waals surface area contributed by atoms with E-state index in [0.717, 1.165) is 5.56 Å². The summed E-state index contributed by atoms with van der Waals surface area (Å²) >= 11 is 0. The molecule has 0 fully saturated rings. The van der Waals surface area contributed by atoms with Crippen LogP contribution in [0.25, 0.3) is 0 Å². The summed E-state index contributed by atoms with van der Waals surface area (Å²) in [6, 6.07) is 3.79. The second kappa shape index (κ2) is 4.46. The molecule has 0 bridgehead atoms. The van der Waals surface area contributed by atoms with Gasteiger partial charge in [-0.05, 0) is 18.6 Å². The lowest BCUT2D eigenvalue weighted by atomic mass is 10.3. The van der Waals surface area contributed by atoms with Crippen molar-refractivity contribution in [1.29, 1.82) is 0 Å². The second-order valence-electron chi connectivity index (χ2n) is 2.37. The Balaban J connectivity index is 2.54. The Kier molecular flexibility index (Phi) is 3.22. The smallest absolute Gasteiger partial charge is 0.117 e. The molecule has 0 radical (unpaired) electrons. The number of amidine groups is 1. The summed E-state index contributed by atoms with van der Waals surface area (Å²) in [5, 5.41) is 8.42. The molecule has 0 aromatic carbocycles. The molecule has 4 nitrogen and oxygen atoms in total. The molecule has 0 aliphatic carbocycles. The van der Waals surface area contributed by atoms with Crippen LogP contribution in [0, 0.1) is 0 Å². The summed E-state index contributed by atoms with van der Waals surface area (Å²) in [7, 11) is 0. The van der Waals surface area contributed by atoms with Crippen molar-refractivity contribution in [2.24, 2.45) is 4.99 Å². The molecule has 1 aromatic rings. The number of hydroxylamine groups is 1. The number of nitrogens with zero attached hydrogens (tertiary/aromatic N) is 2. The van der Waals surface area contributed by atoms with Crippen LogP contribution in [0.15, 0.2) is 29.5 Å². The molecule has 12 heavy (non-hydrogen) atoms. The fourth-order valence-electron chi connectivity index (χ4n) is 0.737. The molecule has 0 atom stereocenters. The number of aromatic nitrogens is 1. The number of aliphatic imine (C=N–C) groups is 1. The minimum absolute atomic E-state index is 0.499. The Hall–Kier alpha value is -1.42. The average Bonchev–Trinajstić information content (AvgIpc) is 2.16. The Morgan fingerprint density at radius 3 is 3.17 bits per heavy atom. The van der Waals surface area contributed by atoms with Crippen molar-refractivity contribution in [2.45, 2.75) is 13.5 Å². The summed E-state index contributed by atoms with van der Waals surface area (Å²) in [5.41, 5.74) is 2.99. The second-order valence-corrected chi connectivity index (χ2v) is 2.37. The van der Waals surface area contributed by atoms with E-state index in [9.17, 15) is 0 Å². The topological polar surface area (TPSA) is 57.5 Å². The Morgan fingerprint density at radius 1 is 1.75 bits per heavy atom. The molecule has 64 valence electrons. The molecule has 0 aliphatic heterocycles. The van der Waals surface area contributed by atoms with E-state index in [-0.39, 0.29) is 0 Å². The molecule has 1 rings (SSSR count). The van der Waals surface area contributed by atoms with Gasteiger partial charge in [0.1, 0.15) is 5.84 Å². The molecule has 0 aliphatic rings. The number of rotatable bonds is 2. The fraction of sp³-hybridized carbons (Fsp3) is 0.250. The van der Waals surface area contributed by atoms with Gasteiger partial charge in [-0.2, -0.15) is 0 Å². The highest BCUT2D eigenvalue weighted by atomic mass is 16.5. The van der Waals surface area contributed by atoms with Gasteiger partial charge in [-0.25, -0.2) is 0 Å². The predicted octanol–water partition coefficient (Wildman–Crippen LogP) is 0.979. The third-order valence-corrected chi connectivity index (χ3v) is 1.38. The maximum absolute atomic E-state index is 8.42. The molecule has 0 amide bonds. The first kappa shape index (κ1) is 8.67. The molecular formula is C8H11N3O. The van der Waals surface area contributed by atoms with Crippen molar-refractivity contribution in [3.63, 3.8) is 0 Å². The first-order valence-corrected chi connectivity index (χ1v) is 3.63. The van der Waals surface area contributed by atoms with Crippen molar-refractivity contribution in [2.75, 3.05) is 0 Å². The molecule has 1 heterocycles. The molecular weight excluding hydrogens is 154 g/mol. The van der Waals surface area contributed by atoms with Crippen molar-refractivity contribution in [3.8, 4) is 0 Å². The van der Waals surface area contributed by atoms with Gasteiger partial charge in [0.05, 0.1) is 6.54 Å². The normalized spacial score (nSPS) is 11.3. The Morgan fingerprint density at radius 2 is 2.58 bits per heavy atom. The predicted molar refractivity (Wildman–Crippen MR) is 46.0 cm³/mol. The summed E-state index contributed by atoms with van der Waals surface area (Å²) < 4.78 is 0. The number of hydrogen-bond donors (Lipinski definition) is 2. The number of hydrogen-bond acceptors (Lipinski definition) is 3. The van der Waals surface area contributed by atoms with E-state index >= 15 is 0 Å². The van der Waals surface area contributed by atoms with E-state index in [1.54, 1.807) is 19.3 Å². The Labute approximate surface area is 70.9 Å². The molecule has 2 N–H and O–H groups in total. The summed E-state index contributed by atoms with van der Waals surface area (Å²) in [4.78, 5) is 7.96. The maximum Gasteiger partial charge on any atom is 0.117 e. The summed E-state index contributed by atoms with van der Waals surface area (Å²) in [6.45, 7) is 2.23. The van der Waals surface area contributed by atoms with Gasteiger partial charge in [-0.1, -0.05) is 6.07 Å². The van der Waals surface area contributed by atoms with Crippen LogP contribution in [0.5, 0.6) is 0 Å². The maximum atomic E-state index is 8.42. The van der Waals surface area contributed by atoms with E-state index in [0.29, 0.717) is 12.4 Å². The third kappa shape index (κ3) is 2.67. The van der Waals surface area contributed by atoms with E-state index in [1.165, 1.54) is 0 Å². The van der Waals surface area contributed by atoms with Crippen LogP contribution in [-0.4, -0.2) is 16.0 Å². The lowest BCUT2D eigenvalue weighted by molar-refractivity contribution is 0.233. The lowest BCUT2D eigenvalue weighted by Crippen LogP contribution is -2.14. The van der Waals surface area contributed by atoms with Gasteiger partial charge in [0, 0.05) is 12.4 Å². The van der Waals surface area contributed by atoms with Gasteiger partial charge in [-0.15, -0.1) is 0 Å². The molecule has 0 spiro atoms. The van der Waals surface area contributed by atoms with Gasteiger partial charge in [0.2, 0.25) is 0 Å². The molecule has 0 unspecified atom stereocenters. The summed E-state index contributed by atoms with van der Waals surface area (Å²) in [6.07, 6.45) is 3.46. The first-order valence-electron chi connectivity index (χ1n) is 3.63. The monoisotopic (exact) mass is 165 g/mol. The highest BCUT2D eigenvalue weighted by Gasteiger charge is 1.89. The molecule has 0 saturated carbocycles. The van der Waals surface area contributed by atoms with Crippen LogP contribution >= 0.6 is 0 Å². The lowest BCUT2D eigenvalue weighted by Gasteiger charge is -1.97.